The highest BCUT2D eigenvalue weighted by Crippen LogP contribution is 2.60. The Kier molecular flexibility index (Phi) is 5.12. The number of hydrogen-bond acceptors (Lipinski definition) is 6. The van der Waals surface area contributed by atoms with Crippen molar-refractivity contribution in [3.8, 4) is 57.1 Å². The first kappa shape index (κ1) is 24.0. The van der Waals surface area contributed by atoms with Gasteiger partial charge < -0.3 is 24.0 Å². The van der Waals surface area contributed by atoms with Crippen LogP contribution in [-0.4, -0.2) is 11.9 Å². The molecule has 0 radical (unpaired) electrons. The zero-order valence-electron chi connectivity index (χ0n) is 22.7. The van der Waals surface area contributed by atoms with Gasteiger partial charge in [0.15, 0.2) is 23.0 Å². The molecule has 0 unspecified atom stereocenters. The van der Waals surface area contributed by atoms with Crippen LogP contribution in [0, 0.1) is 0 Å². The second-order valence-corrected chi connectivity index (χ2v) is 10.6. The first-order valence-corrected chi connectivity index (χ1v) is 14.1. The summed E-state index contributed by atoms with van der Waals surface area (Å²) in [5.41, 5.74) is 5.70. The van der Waals surface area contributed by atoms with Crippen LogP contribution in [0.3, 0.4) is 0 Å². The Morgan fingerprint density at radius 3 is 1.77 bits per heavy atom. The van der Waals surface area contributed by atoms with E-state index in [1.165, 1.54) is 0 Å². The third-order valence-electron chi connectivity index (χ3n) is 8.03. The van der Waals surface area contributed by atoms with E-state index in [4.69, 9.17) is 18.9 Å². The van der Waals surface area contributed by atoms with Crippen LogP contribution >= 0.6 is 0 Å². The van der Waals surface area contributed by atoms with Crippen molar-refractivity contribution >= 4 is 34.9 Å². The minimum atomic E-state index is -0.911. The van der Waals surface area contributed by atoms with E-state index in [-0.39, 0.29) is 0 Å². The summed E-state index contributed by atoms with van der Waals surface area (Å²) in [7, 11) is 0. The van der Waals surface area contributed by atoms with Gasteiger partial charge in [0.2, 0.25) is 0 Å². The van der Waals surface area contributed by atoms with Crippen LogP contribution in [0.5, 0.6) is 46.0 Å². The van der Waals surface area contributed by atoms with Crippen LogP contribution in [0.25, 0.3) is 11.1 Å². The zero-order chi connectivity index (χ0) is 28.5. The third kappa shape index (κ3) is 3.72. The molecule has 0 amide bonds. The molecule has 9 rings (SSSR count). The number of benzene rings is 6. The Morgan fingerprint density at radius 2 is 1.07 bits per heavy atom. The molecule has 0 aliphatic carbocycles. The average Bonchev–Trinajstić information content (AvgIpc) is 3.04. The van der Waals surface area contributed by atoms with Crippen molar-refractivity contribution in [1.82, 2.24) is 0 Å². The number of para-hydroxylation sites is 6. The molecule has 0 saturated carbocycles. The molecule has 0 atom stereocenters. The number of ether oxygens (including phenoxy) is 4. The van der Waals surface area contributed by atoms with Crippen LogP contribution < -0.4 is 34.8 Å². The first-order chi connectivity index (χ1) is 21.2. The summed E-state index contributed by atoms with van der Waals surface area (Å²) in [5.74, 6) is 5.18. The van der Waals surface area contributed by atoms with Gasteiger partial charge in [-0.05, 0) is 83.3 Å². The van der Waals surface area contributed by atoms with E-state index in [1.807, 2.05) is 115 Å². The number of anilines is 3. The minimum absolute atomic E-state index is 0.506. The van der Waals surface area contributed by atoms with Crippen molar-refractivity contribution in [3.63, 3.8) is 0 Å². The third-order valence-corrected chi connectivity index (χ3v) is 8.03. The summed E-state index contributed by atoms with van der Waals surface area (Å²) in [5, 5.41) is 11.5. The zero-order valence-corrected chi connectivity index (χ0v) is 22.7. The lowest BCUT2D eigenvalue weighted by Crippen LogP contribution is -2.47. The van der Waals surface area contributed by atoms with Crippen molar-refractivity contribution in [2.75, 3.05) is 4.90 Å². The molecule has 7 heteroatoms. The quantitative estimate of drug-likeness (QED) is 0.221. The molecule has 6 aromatic carbocycles. The average molecular weight is 559 g/mol. The molecule has 204 valence electrons. The van der Waals surface area contributed by atoms with Crippen molar-refractivity contribution in [2.24, 2.45) is 0 Å². The Morgan fingerprint density at radius 1 is 0.535 bits per heavy atom. The summed E-state index contributed by atoms with van der Waals surface area (Å²) < 4.78 is 25.7. The summed E-state index contributed by atoms with van der Waals surface area (Å²) in [6.07, 6.45) is 0. The molecule has 0 spiro atoms. The van der Waals surface area contributed by atoms with Gasteiger partial charge in [0.25, 0.3) is 0 Å². The highest BCUT2D eigenvalue weighted by atomic mass is 16.5. The molecule has 0 aromatic heterocycles. The van der Waals surface area contributed by atoms with Crippen molar-refractivity contribution in [1.29, 1.82) is 0 Å². The number of hydrogen-bond donors (Lipinski definition) is 1. The van der Waals surface area contributed by atoms with Gasteiger partial charge in [-0.1, -0.05) is 60.7 Å². The van der Waals surface area contributed by atoms with Crippen molar-refractivity contribution < 1.29 is 24.0 Å². The van der Waals surface area contributed by atoms with Gasteiger partial charge in [0.05, 0.1) is 11.4 Å². The second-order valence-electron chi connectivity index (χ2n) is 10.6. The van der Waals surface area contributed by atoms with Crippen molar-refractivity contribution in [3.05, 3.63) is 127 Å². The SMILES string of the molecule is OB1c2ccccc2Oc2cc(-c3cc4c5c(c3)Oc3ccccc3N5c3ccccc3O4)cc(Oc3ccccc3)c21. The Balaban J connectivity index is 1.23. The smallest absolute Gasteiger partial charge is 0.370 e. The molecule has 3 aliphatic heterocycles. The Hall–Kier alpha value is -5.66. The molecule has 0 saturated heterocycles. The fourth-order valence-corrected chi connectivity index (χ4v) is 6.08. The largest absolute Gasteiger partial charge is 0.458 e. The predicted molar refractivity (Wildman–Crippen MR) is 167 cm³/mol. The lowest BCUT2D eigenvalue weighted by molar-refractivity contribution is 0.446. The van der Waals surface area contributed by atoms with E-state index in [2.05, 4.69) is 17.0 Å². The maximum Gasteiger partial charge on any atom is 0.370 e. The topological polar surface area (TPSA) is 60.4 Å². The number of rotatable bonds is 3. The second kappa shape index (κ2) is 9.18. The van der Waals surface area contributed by atoms with Gasteiger partial charge in [-0.25, -0.2) is 0 Å². The molecule has 0 fully saturated rings. The van der Waals surface area contributed by atoms with Gasteiger partial charge in [-0.3, -0.25) is 4.90 Å². The maximum atomic E-state index is 11.5. The van der Waals surface area contributed by atoms with Crippen LogP contribution in [0.15, 0.2) is 127 Å². The molecule has 43 heavy (non-hydrogen) atoms. The van der Waals surface area contributed by atoms with E-state index in [9.17, 15) is 5.02 Å². The van der Waals surface area contributed by atoms with E-state index >= 15 is 0 Å². The Bertz CT molecular complexity index is 2010. The maximum absolute atomic E-state index is 11.5. The normalized spacial score (nSPS) is 13.2. The standard InChI is InChI=1S/C36H22BNO5/c39-37-25-12-4-7-15-28(25)41-32-19-22(18-31(35(32)37)40-24-10-2-1-3-11-24)23-20-33-36-34(21-23)43-30-17-9-6-14-27(30)38(36)26-13-5-8-16-29(26)42-33/h1-21,39H. The van der Waals surface area contributed by atoms with Crippen LogP contribution in [0.1, 0.15) is 0 Å². The molecule has 3 heterocycles. The fourth-order valence-electron chi connectivity index (χ4n) is 6.08. The summed E-state index contributed by atoms with van der Waals surface area (Å²) >= 11 is 0. The molecule has 3 aliphatic rings. The molecule has 6 nitrogen and oxygen atoms in total. The molecular weight excluding hydrogens is 537 g/mol. The van der Waals surface area contributed by atoms with Crippen LogP contribution in [0.4, 0.5) is 17.1 Å². The van der Waals surface area contributed by atoms with Gasteiger partial charge in [-0.2, -0.15) is 0 Å². The Labute approximate surface area is 248 Å². The predicted octanol–water partition coefficient (Wildman–Crippen LogP) is 8.03. The molecule has 1 N–H and O–H groups in total. The van der Waals surface area contributed by atoms with Crippen LogP contribution in [0.2, 0.25) is 0 Å². The van der Waals surface area contributed by atoms with E-state index in [0.29, 0.717) is 45.4 Å². The molecular formula is C36H22BNO5. The van der Waals surface area contributed by atoms with Gasteiger partial charge in [0, 0.05) is 5.46 Å². The lowest BCUT2D eigenvalue weighted by atomic mass is 9.53. The summed E-state index contributed by atoms with van der Waals surface area (Å²) in [4.78, 5) is 2.19. The van der Waals surface area contributed by atoms with Gasteiger partial charge >= 0.3 is 6.92 Å². The lowest BCUT2D eigenvalue weighted by Gasteiger charge is -2.38. The molecule has 0 bridgehead atoms. The van der Waals surface area contributed by atoms with Gasteiger partial charge in [-0.15, -0.1) is 0 Å². The van der Waals surface area contributed by atoms with E-state index < -0.39 is 6.92 Å². The monoisotopic (exact) mass is 559 g/mol. The number of nitrogens with zero attached hydrogens (tertiary/aromatic N) is 1. The first-order valence-electron chi connectivity index (χ1n) is 14.1. The fraction of sp³-hybridized carbons (Fsp3) is 0. The van der Waals surface area contributed by atoms with Crippen LogP contribution in [-0.2, 0) is 0 Å². The van der Waals surface area contributed by atoms with E-state index in [0.717, 1.165) is 39.7 Å². The van der Waals surface area contributed by atoms with Gasteiger partial charge in [0.1, 0.15) is 28.7 Å². The number of fused-ring (bicyclic) bond motifs is 6. The van der Waals surface area contributed by atoms with Crippen molar-refractivity contribution in [2.45, 2.75) is 0 Å². The summed E-state index contributed by atoms with van der Waals surface area (Å²) in [6, 6.07) is 41.0. The highest BCUT2D eigenvalue weighted by molar-refractivity contribution is 6.81. The minimum Gasteiger partial charge on any atom is -0.458 e. The van der Waals surface area contributed by atoms with E-state index in [1.54, 1.807) is 0 Å². The molecule has 6 aromatic rings. The highest BCUT2D eigenvalue weighted by Gasteiger charge is 2.37. The summed E-state index contributed by atoms with van der Waals surface area (Å²) in [6.45, 7) is -0.911.